The molecule has 2 aliphatic heterocycles. The Balaban J connectivity index is 1.82. The molecule has 100 heavy (non-hydrogen) atoms. The molecule has 24 nitrogen and oxygen atoms in total. The second kappa shape index (κ2) is 57.2. The Hall–Kier alpha value is -2.04. The summed E-state index contributed by atoms with van der Waals surface area (Å²) >= 11 is 0. The van der Waals surface area contributed by atoms with Crippen LogP contribution in [-0.2, 0) is 61.2 Å². The van der Waals surface area contributed by atoms with Crippen molar-refractivity contribution in [1.82, 2.24) is 0 Å². The summed E-state index contributed by atoms with van der Waals surface area (Å²) < 4.78 is 66.3. The van der Waals surface area contributed by atoms with E-state index < -0.39 is 156 Å². The normalized spacial score (nSPS) is 27.3. The number of rotatable bonds is 63. The quantitative estimate of drug-likeness (QED) is 0.0117. The largest absolute Gasteiger partial charge is 0.472 e. The molecule has 3 fully saturated rings. The van der Waals surface area contributed by atoms with E-state index >= 15 is 0 Å². The molecule has 1 unspecified atom stereocenters. The number of hydrogen-bond acceptors (Lipinski definition) is 23. The lowest BCUT2D eigenvalue weighted by atomic mass is 9.84. The van der Waals surface area contributed by atoms with Gasteiger partial charge in [-0.25, -0.2) is 4.57 Å². The summed E-state index contributed by atoms with van der Waals surface area (Å²) in [5.41, 5.74) is 0. The number of hydrogen-bond donors (Lipinski definition) is 11. The van der Waals surface area contributed by atoms with Crippen LogP contribution in [0.5, 0.6) is 0 Å². The molecule has 0 spiro atoms. The summed E-state index contributed by atoms with van der Waals surface area (Å²) in [6, 6.07) is 0. The minimum atomic E-state index is -5.74. The fourth-order valence-electron chi connectivity index (χ4n) is 13.5. The highest BCUT2D eigenvalue weighted by Gasteiger charge is 2.60. The molecule has 0 aromatic rings. The van der Waals surface area contributed by atoms with Gasteiger partial charge in [0.1, 0.15) is 86.0 Å². The van der Waals surface area contributed by atoms with Gasteiger partial charge in [-0.2, -0.15) is 0 Å². The first-order valence-corrected chi connectivity index (χ1v) is 41.3. The summed E-state index contributed by atoms with van der Waals surface area (Å²) in [5, 5.41) is 110. The van der Waals surface area contributed by atoms with Gasteiger partial charge in [-0.15, -0.1) is 0 Å². The van der Waals surface area contributed by atoms with Gasteiger partial charge in [0.05, 0.1) is 19.8 Å². The average Bonchev–Trinajstić information content (AvgIpc) is 0.757. The third kappa shape index (κ3) is 39.0. The van der Waals surface area contributed by atoms with Gasteiger partial charge in [-0.3, -0.25) is 23.4 Å². The van der Waals surface area contributed by atoms with Crippen molar-refractivity contribution in [2.75, 3.05) is 26.4 Å². The van der Waals surface area contributed by atoms with E-state index in [4.69, 9.17) is 42.2 Å². The number of carbonyl (C=O) groups excluding carboxylic acids is 3. The maximum absolute atomic E-state index is 14.6. The molecule has 18 atom stereocenters. The maximum Gasteiger partial charge on any atom is 0.472 e. The van der Waals surface area contributed by atoms with Crippen LogP contribution in [0.2, 0.25) is 0 Å². The summed E-state index contributed by atoms with van der Waals surface area (Å²) in [6.07, 6.45) is 14.5. The van der Waals surface area contributed by atoms with Crippen LogP contribution in [-0.4, -0.2) is 204 Å². The van der Waals surface area contributed by atoms with Gasteiger partial charge in [0.2, 0.25) is 0 Å². The van der Waals surface area contributed by atoms with Crippen LogP contribution in [0.15, 0.2) is 0 Å². The minimum Gasteiger partial charge on any atom is -0.462 e. The van der Waals surface area contributed by atoms with Crippen molar-refractivity contribution in [2.24, 2.45) is 0 Å². The molecular weight excluding hydrogens is 1320 g/mol. The smallest absolute Gasteiger partial charge is 0.462 e. The third-order valence-corrected chi connectivity index (χ3v) is 20.9. The topological polar surface area (TPSA) is 374 Å². The van der Waals surface area contributed by atoms with Crippen LogP contribution in [0.3, 0.4) is 0 Å². The SMILES string of the molecule is CCCCCCCCCCCCCCCCCC(=O)OC[C@H](COP(=O)(O)O[C@@H]1[C@H](O[C@H]2O[C@H](CO)[C@@H](O)[C@H](O)[C@@H]2O)[C@H](OC(=O)CCCCCCCCCCCCCCCCC)[C@@H](O)[C@H](O)[C@H]1O[C@H]1O[C@H](CO)[C@@H](O)[C@H](O)[C@@H]1O)OC(=O)CCCCCCCCCCCCCCCCC. The second-order valence-corrected chi connectivity index (χ2v) is 30.2. The Kier molecular flexibility index (Phi) is 52.7. The third-order valence-electron chi connectivity index (χ3n) is 19.9. The second-order valence-electron chi connectivity index (χ2n) is 28.8. The Labute approximate surface area is 600 Å². The van der Waals surface area contributed by atoms with Crippen molar-refractivity contribution < 1.29 is 117 Å². The van der Waals surface area contributed by atoms with Gasteiger partial charge in [0, 0.05) is 19.3 Å². The molecule has 1 aliphatic carbocycles. The lowest BCUT2D eigenvalue weighted by molar-refractivity contribution is -0.360. The van der Waals surface area contributed by atoms with E-state index in [9.17, 15) is 74.9 Å². The summed E-state index contributed by atoms with van der Waals surface area (Å²) in [5.74, 6) is -2.28. The first-order valence-electron chi connectivity index (χ1n) is 39.8. The number of phosphoric acid groups is 1. The summed E-state index contributed by atoms with van der Waals surface area (Å²) in [6.45, 7) is 3.19. The minimum absolute atomic E-state index is 0.0368. The number of esters is 3. The number of aliphatic hydroxyl groups is 10. The fraction of sp³-hybridized carbons (Fsp3) is 0.960. The molecule has 0 bridgehead atoms. The average molecular weight is 1460 g/mol. The standard InChI is InChI=1S/C75H141O24P/c1-4-7-10-13-16-19-22-25-28-31-34-37-40-43-46-49-59(78)91-54-56(93-60(79)50-47-44-41-38-35-32-29-26-23-20-17-14-11-8-5-2)55-92-100(89,90)99-73-71(97-74-68(87)64(83)62(81)57(52-76)94-74)67(86)66(85)70(72(73)98-75-69(88)65(84)63(82)58(53-77)95-75)96-61(80)51-48-45-42-39-36-33-30-27-24-21-18-15-12-9-6-3/h56-58,62-77,81-88H,4-55H2,1-3H3,(H,89,90)/t56-,57-,58-,62-,63-,64+,65+,66+,67+,68+,69+,70-,71-,72-,73+,74-,75-/m1/s1. The molecule has 2 heterocycles. The van der Waals surface area contributed by atoms with Gasteiger partial charge < -0.3 is 89.1 Å². The van der Waals surface area contributed by atoms with Gasteiger partial charge in [0.15, 0.2) is 24.8 Å². The van der Waals surface area contributed by atoms with Crippen LogP contribution >= 0.6 is 7.82 Å². The number of unbranched alkanes of at least 4 members (excludes halogenated alkanes) is 42. The Morgan fingerprint density at radius 3 is 0.990 bits per heavy atom. The summed E-state index contributed by atoms with van der Waals surface area (Å²) in [4.78, 5) is 52.4. The molecule has 0 radical (unpaired) electrons. The number of ether oxygens (including phenoxy) is 7. The van der Waals surface area contributed by atoms with Crippen molar-refractivity contribution >= 4 is 25.7 Å². The zero-order valence-corrected chi connectivity index (χ0v) is 62.7. The van der Waals surface area contributed by atoms with Gasteiger partial charge >= 0.3 is 25.7 Å². The van der Waals surface area contributed by atoms with Crippen molar-refractivity contribution in [1.29, 1.82) is 0 Å². The fourth-order valence-corrected chi connectivity index (χ4v) is 14.5. The van der Waals surface area contributed by atoms with E-state index in [1.54, 1.807) is 0 Å². The molecule has 0 amide bonds. The monoisotopic (exact) mass is 1460 g/mol. The number of phosphoric ester groups is 1. The van der Waals surface area contributed by atoms with Crippen LogP contribution < -0.4 is 0 Å². The van der Waals surface area contributed by atoms with Crippen LogP contribution in [0.1, 0.15) is 329 Å². The lowest BCUT2D eigenvalue weighted by Gasteiger charge is -2.50. The van der Waals surface area contributed by atoms with Crippen molar-refractivity contribution in [3.05, 3.63) is 0 Å². The summed E-state index contributed by atoms with van der Waals surface area (Å²) in [7, 11) is -5.74. The number of carbonyl (C=O) groups is 3. The van der Waals surface area contributed by atoms with E-state index in [-0.39, 0.29) is 19.3 Å². The van der Waals surface area contributed by atoms with E-state index in [1.807, 2.05) is 0 Å². The van der Waals surface area contributed by atoms with Crippen molar-refractivity contribution in [3.63, 3.8) is 0 Å². The number of aliphatic hydroxyl groups excluding tert-OH is 10. The van der Waals surface area contributed by atoms with E-state index in [0.717, 1.165) is 89.9 Å². The highest BCUT2D eigenvalue weighted by Crippen LogP contribution is 2.49. The van der Waals surface area contributed by atoms with Crippen molar-refractivity contribution in [2.45, 2.75) is 433 Å². The van der Waals surface area contributed by atoms with Crippen molar-refractivity contribution in [3.8, 4) is 0 Å². The zero-order valence-electron chi connectivity index (χ0n) is 61.8. The molecule has 11 N–H and O–H groups in total. The molecule has 2 saturated heterocycles. The highest BCUT2D eigenvalue weighted by molar-refractivity contribution is 7.47. The predicted octanol–water partition coefficient (Wildman–Crippen LogP) is 11.7. The molecule has 25 heteroatoms. The van der Waals surface area contributed by atoms with E-state index in [2.05, 4.69) is 20.8 Å². The first-order chi connectivity index (χ1) is 48.3. The Bertz CT molecular complexity index is 2060. The zero-order chi connectivity index (χ0) is 73.2. The molecule has 0 aromatic carbocycles. The van der Waals surface area contributed by atoms with E-state index in [1.165, 1.54) is 173 Å². The van der Waals surface area contributed by atoms with Gasteiger partial charge in [0.25, 0.3) is 0 Å². The molecule has 590 valence electrons. The predicted molar refractivity (Wildman–Crippen MR) is 379 cm³/mol. The Morgan fingerprint density at radius 2 is 0.650 bits per heavy atom. The van der Waals surface area contributed by atoms with Gasteiger partial charge in [-0.05, 0) is 19.3 Å². The first kappa shape index (κ1) is 92.2. The van der Waals surface area contributed by atoms with Crippen LogP contribution in [0.25, 0.3) is 0 Å². The van der Waals surface area contributed by atoms with E-state index in [0.29, 0.717) is 25.7 Å². The van der Waals surface area contributed by atoms with Crippen LogP contribution in [0, 0.1) is 0 Å². The lowest BCUT2D eigenvalue weighted by Crippen LogP contribution is -2.70. The Morgan fingerprint density at radius 1 is 0.350 bits per heavy atom. The highest BCUT2D eigenvalue weighted by atomic mass is 31.2. The molecule has 3 aliphatic rings. The molecule has 1 saturated carbocycles. The van der Waals surface area contributed by atoms with Gasteiger partial charge in [-0.1, -0.05) is 290 Å². The molecule has 0 aromatic heterocycles. The maximum atomic E-state index is 14.6. The molecule has 3 rings (SSSR count). The molecular formula is C75H141O24P. The van der Waals surface area contributed by atoms with Crippen LogP contribution in [0.4, 0.5) is 0 Å².